The molecule has 0 atom stereocenters. The van der Waals surface area contributed by atoms with Crippen molar-refractivity contribution in [1.82, 2.24) is 19.5 Å². The van der Waals surface area contributed by atoms with Gasteiger partial charge in [0, 0.05) is 31.1 Å². The second-order valence-electron chi connectivity index (χ2n) is 4.32. The minimum absolute atomic E-state index is 0.165. The van der Waals surface area contributed by atoms with Crippen molar-refractivity contribution < 1.29 is 0 Å². The van der Waals surface area contributed by atoms with Gasteiger partial charge in [-0.15, -0.1) is 0 Å². The maximum absolute atomic E-state index is 11.8. The van der Waals surface area contributed by atoms with Crippen LogP contribution in [0.3, 0.4) is 0 Å². The van der Waals surface area contributed by atoms with Crippen molar-refractivity contribution in [2.75, 3.05) is 0 Å². The predicted molar refractivity (Wildman–Crippen MR) is 76.2 cm³/mol. The zero-order valence-electron chi connectivity index (χ0n) is 10.5. The number of imidazole rings is 1. The lowest BCUT2D eigenvalue weighted by molar-refractivity contribution is 0.932. The highest BCUT2D eigenvalue weighted by atomic mass is 35.5. The van der Waals surface area contributed by atoms with Gasteiger partial charge in [0.2, 0.25) is 0 Å². The van der Waals surface area contributed by atoms with Gasteiger partial charge in [0.15, 0.2) is 0 Å². The molecular weight excluding hydrogens is 276 g/mol. The van der Waals surface area contributed by atoms with Gasteiger partial charge in [0.25, 0.3) is 5.56 Å². The summed E-state index contributed by atoms with van der Waals surface area (Å²) in [6.07, 6.45) is 7.47. The second-order valence-corrected chi connectivity index (χ2v) is 4.75. The van der Waals surface area contributed by atoms with E-state index in [1.807, 2.05) is 12.3 Å². The van der Waals surface area contributed by atoms with Crippen molar-refractivity contribution in [2.45, 2.75) is 6.42 Å². The molecule has 0 aliphatic rings. The number of halogens is 1. The van der Waals surface area contributed by atoms with Crippen molar-refractivity contribution in [3.8, 4) is 5.82 Å². The largest absolute Gasteiger partial charge is 0.351 e. The number of hydrogen-bond acceptors (Lipinski definition) is 3. The molecule has 3 aromatic heterocycles. The number of H-pyrrole nitrogens is 1. The van der Waals surface area contributed by atoms with E-state index in [4.69, 9.17) is 11.6 Å². The van der Waals surface area contributed by atoms with Crippen LogP contribution >= 0.6 is 11.6 Å². The van der Waals surface area contributed by atoms with Crippen molar-refractivity contribution in [2.24, 2.45) is 0 Å². The number of aromatic nitrogens is 4. The zero-order chi connectivity index (χ0) is 13.9. The smallest absolute Gasteiger partial charge is 0.256 e. The molecule has 20 heavy (non-hydrogen) atoms. The average Bonchev–Trinajstić information content (AvgIpc) is 2.95. The number of nitrogens with zero attached hydrogens (tertiary/aromatic N) is 3. The van der Waals surface area contributed by atoms with Crippen molar-refractivity contribution in [3.63, 3.8) is 0 Å². The van der Waals surface area contributed by atoms with E-state index in [2.05, 4.69) is 15.0 Å². The molecule has 0 bridgehead atoms. The normalized spacial score (nSPS) is 10.7. The topological polar surface area (TPSA) is 63.6 Å². The van der Waals surface area contributed by atoms with Gasteiger partial charge >= 0.3 is 0 Å². The zero-order valence-corrected chi connectivity index (χ0v) is 11.2. The SMILES string of the molecule is O=c1ccc(Cl)cn1-c1ccc(Cc2c[nH]cn2)cn1. The fourth-order valence-corrected chi connectivity index (χ4v) is 2.06. The third-order valence-corrected chi connectivity index (χ3v) is 3.09. The molecule has 0 unspecified atom stereocenters. The fraction of sp³-hybridized carbons (Fsp3) is 0.0714. The third-order valence-electron chi connectivity index (χ3n) is 2.87. The maximum Gasteiger partial charge on any atom is 0.256 e. The molecule has 0 aliphatic heterocycles. The van der Waals surface area contributed by atoms with Gasteiger partial charge in [-0.2, -0.15) is 0 Å². The molecule has 3 heterocycles. The van der Waals surface area contributed by atoms with Crippen molar-refractivity contribution >= 4 is 11.6 Å². The Balaban J connectivity index is 1.89. The van der Waals surface area contributed by atoms with Crippen LogP contribution in [0.25, 0.3) is 5.82 Å². The minimum atomic E-state index is -0.165. The maximum atomic E-state index is 11.8. The first-order valence-electron chi connectivity index (χ1n) is 6.03. The predicted octanol–water partition coefficient (Wildman–Crippen LogP) is 2.20. The van der Waals surface area contributed by atoms with E-state index in [1.165, 1.54) is 10.6 Å². The Bertz CT molecular complexity index is 763. The molecule has 0 saturated carbocycles. The molecule has 6 heteroatoms. The van der Waals surface area contributed by atoms with Gasteiger partial charge in [-0.1, -0.05) is 17.7 Å². The highest BCUT2D eigenvalue weighted by molar-refractivity contribution is 6.30. The molecule has 0 radical (unpaired) electrons. The summed E-state index contributed by atoms with van der Waals surface area (Å²) in [5.41, 5.74) is 1.80. The summed E-state index contributed by atoms with van der Waals surface area (Å²) in [6, 6.07) is 6.69. The van der Waals surface area contributed by atoms with Crippen molar-refractivity contribution in [1.29, 1.82) is 0 Å². The Hall–Kier alpha value is -2.40. The molecule has 0 aliphatic carbocycles. The van der Waals surface area contributed by atoms with E-state index < -0.39 is 0 Å². The summed E-state index contributed by atoms with van der Waals surface area (Å²) < 4.78 is 1.42. The lowest BCUT2D eigenvalue weighted by atomic mass is 10.2. The minimum Gasteiger partial charge on any atom is -0.351 e. The van der Waals surface area contributed by atoms with Crippen LogP contribution in [0.1, 0.15) is 11.3 Å². The summed E-state index contributed by atoms with van der Waals surface area (Å²) in [7, 11) is 0. The lowest BCUT2D eigenvalue weighted by Gasteiger charge is -2.05. The molecule has 100 valence electrons. The number of rotatable bonds is 3. The first-order chi connectivity index (χ1) is 9.72. The Morgan fingerprint density at radius 1 is 1.20 bits per heavy atom. The molecule has 0 aromatic carbocycles. The number of nitrogens with one attached hydrogen (secondary N) is 1. The quantitative estimate of drug-likeness (QED) is 0.803. The third kappa shape index (κ3) is 2.62. The molecular formula is C14H11ClN4O. The highest BCUT2D eigenvalue weighted by Crippen LogP contribution is 2.10. The van der Waals surface area contributed by atoms with E-state index in [-0.39, 0.29) is 5.56 Å². The number of aromatic amines is 1. The number of pyridine rings is 2. The van der Waals surface area contributed by atoms with Gasteiger partial charge in [-0.3, -0.25) is 9.36 Å². The van der Waals surface area contributed by atoms with Gasteiger partial charge in [0.1, 0.15) is 5.82 Å². The second kappa shape index (κ2) is 5.30. The van der Waals surface area contributed by atoms with Crippen LogP contribution in [0.4, 0.5) is 0 Å². The van der Waals surface area contributed by atoms with E-state index >= 15 is 0 Å². The fourth-order valence-electron chi connectivity index (χ4n) is 1.90. The van der Waals surface area contributed by atoms with E-state index in [0.717, 1.165) is 11.3 Å². The molecule has 3 rings (SSSR count). The monoisotopic (exact) mass is 286 g/mol. The van der Waals surface area contributed by atoms with Gasteiger partial charge < -0.3 is 4.98 Å². The highest BCUT2D eigenvalue weighted by Gasteiger charge is 2.03. The summed E-state index contributed by atoms with van der Waals surface area (Å²) in [4.78, 5) is 23.1. The van der Waals surface area contributed by atoms with Gasteiger partial charge in [-0.05, 0) is 17.7 Å². The first kappa shape index (κ1) is 12.6. The molecule has 3 aromatic rings. The molecule has 0 saturated heterocycles. The average molecular weight is 287 g/mol. The molecule has 0 fully saturated rings. The van der Waals surface area contributed by atoms with Crippen LogP contribution in [-0.2, 0) is 6.42 Å². The van der Waals surface area contributed by atoms with Crippen LogP contribution in [0, 0.1) is 0 Å². The summed E-state index contributed by atoms with van der Waals surface area (Å²) in [5.74, 6) is 0.545. The Morgan fingerprint density at radius 3 is 2.80 bits per heavy atom. The summed E-state index contributed by atoms with van der Waals surface area (Å²) >= 11 is 5.89. The Labute approximate surface area is 119 Å². The van der Waals surface area contributed by atoms with Crippen LogP contribution in [0.5, 0.6) is 0 Å². The standard InChI is InChI=1S/C14H11ClN4O/c15-11-2-4-14(20)19(8-11)13-3-1-10(6-17-13)5-12-7-16-9-18-12/h1-4,6-9H,5H2,(H,16,18). The van der Waals surface area contributed by atoms with Crippen LogP contribution in [-0.4, -0.2) is 19.5 Å². The molecule has 5 nitrogen and oxygen atoms in total. The first-order valence-corrected chi connectivity index (χ1v) is 6.41. The molecule has 0 spiro atoms. The van der Waals surface area contributed by atoms with Gasteiger partial charge in [-0.25, -0.2) is 9.97 Å². The Morgan fingerprint density at radius 2 is 2.10 bits per heavy atom. The van der Waals surface area contributed by atoms with Crippen LogP contribution in [0.15, 0.2) is 54.0 Å². The van der Waals surface area contributed by atoms with Gasteiger partial charge in [0.05, 0.1) is 17.0 Å². The molecule has 0 amide bonds. The van der Waals surface area contributed by atoms with Crippen molar-refractivity contribution in [3.05, 3.63) is 75.8 Å². The van der Waals surface area contributed by atoms with Crippen LogP contribution in [0.2, 0.25) is 5.02 Å². The van der Waals surface area contributed by atoms with E-state index in [0.29, 0.717) is 17.3 Å². The Kier molecular flexibility index (Phi) is 3.35. The summed E-state index contributed by atoms with van der Waals surface area (Å²) in [6.45, 7) is 0. The lowest BCUT2D eigenvalue weighted by Crippen LogP contribution is -2.17. The van der Waals surface area contributed by atoms with E-state index in [9.17, 15) is 4.79 Å². The summed E-state index contributed by atoms with van der Waals surface area (Å²) in [5, 5.41) is 0.493. The molecule has 1 N–H and O–H groups in total. The van der Waals surface area contributed by atoms with E-state index in [1.54, 1.807) is 30.9 Å². The van der Waals surface area contributed by atoms with Crippen LogP contribution < -0.4 is 5.56 Å². The number of hydrogen-bond donors (Lipinski definition) is 1.